The number of pyridine rings is 1. The zero-order valence-electron chi connectivity index (χ0n) is 18.0. The summed E-state index contributed by atoms with van der Waals surface area (Å²) in [6.45, 7) is 6.27. The van der Waals surface area contributed by atoms with E-state index in [0.717, 1.165) is 71.8 Å². The summed E-state index contributed by atoms with van der Waals surface area (Å²) in [5.74, 6) is 1.02. The van der Waals surface area contributed by atoms with Crippen molar-refractivity contribution in [1.82, 2.24) is 14.5 Å². The number of fused-ring (bicyclic) bond motifs is 1. The van der Waals surface area contributed by atoms with Gasteiger partial charge in [-0.3, -0.25) is 9.78 Å². The monoisotopic (exact) mass is 403 g/mol. The van der Waals surface area contributed by atoms with Crippen LogP contribution in [-0.2, 0) is 22.5 Å². The van der Waals surface area contributed by atoms with Gasteiger partial charge in [-0.1, -0.05) is 12.1 Å². The van der Waals surface area contributed by atoms with Crippen LogP contribution in [0.4, 0.5) is 0 Å². The summed E-state index contributed by atoms with van der Waals surface area (Å²) in [7, 11) is 1.69. The van der Waals surface area contributed by atoms with E-state index in [1.54, 1.807) is 7.11 Å². The maximum absolute atomic E-state index is 12.8. The number of carbonyl (C=O) groups is 1. The number of rotatable bonds is 5. The number of aromatic nitrogens is 2. The summed E-state index contributed by atoms with van der Waals surface area (Å²) in [5, 5.41) is 0. The van der Waals surface area contributed by atoms with Crippen molar-refractivity contribution in [3.05, 3.63) is 70.5 Å². The van der Waals surface area contributed by atoms with Crippen molar-refractivity contribution in [2.75, 3.05) is 20.2 Å². The quantitative estimate of drug-likeness (QED) is 0.740. The van der Waals surface area contributed by atoms with Gasteiger partial charge < -0.3 is 14.2 Å². The molecule has 0 bridgehead atoms. The lowest BCUT2D eigenvalue weighted by Gasteiger charge is -2.16. The SMILES string of the molecule is COC1=Cc2c(/C(C)=C/c3cccnc3C)cn(CC(=O)N3CCCC3)c2CC=C1. The van der Waals surface area contributed by atoms with Crippen LogP contribution < -0.4 is 0 Å². The third kappa shape index (κ3) is 4.11. The molecule has 1 aliphatic carbocycles. The maximum Gasteiger partial charge on any atom is 0.242 e. The molecule has 1 aliphatic heterocycles. The molecule has 30 heavy (non-hydrogen) atoms. The van der Waals surface area contributed by atoms with Crippen molar-refractivity contribution in [2.45, 2.75) is 39.7 Å². The number of nitrogens with zero attached hydrogens (tertiary/aromatic N) is 3. The first-order valence-electron chi connectivity index (χ1n) is 10.6. The van der Waals surface area contributed by atoms with E-state index in [1.807, 2.05) is 30.2 Å². The van der Waals surface area contributed by atoms with E-state index < -0.39 is 0 Å². The Kier molecular flexibility index (Phi) is 5.88. The van der Waals surface area contributed by atoms with Crippen LogP contribution in [0.15, 0.2) is 42.4 Å². The lowest BCUT2D eigenvalue weighted by molar-refractivity contribution is -0.130. The van der Waals surface area contributed by atoms with Gasteiger partial charge in [-0.2, -0.15) is 0 Å². The van der Waals surface area contributed by atoms with E-state index in [2.05, 4.69) is 47.0 Å². The Hall–Kier alpha value is -3.08. The highest BCUT2D eigenvalue weighted by Gasteiger charge is 2.22. The number of carbonyl (C=O) groups excluding carboxylic acids is 1. The molecule has 2 aliphatic rings. The lowest BCUT2D eigenvalue weighted by Crippen LogP contribution is -2.31. The van der Waals surface area contributed by atoms with E-state index >= 15 is 0 Å². The molecule has 2 aromatic rings. The van der Waals surface area contributed by atoms with Crippen molar-refractivity contribution in [3.63, 3.8) is 0 Å². The zero-order chi connectivity index (χ0) is 21.1. The van der Waals surface area contributed by atoms with Gasteiger partial charge in [0.1, 0.15) is 12.3 Å². The topological polar surface area (TPSA) is 47.4 Å². The third-order valence-corrected chi connectivity index (χ3v) is 5.96. The molecule has 5 nitrogen and oxygen atoms in total. The molecule has 3 heterocycles. The van der Waals surface area contributed by atoms with Crippen LogP contribution >= 0.6 is 0 Å². The number of hydrogen-bond acceptors (Lipinski definition) is 3. The average Bonchev–Trinajstić information content (AvgIpc) is 3.33. The van der Waals surface area contributed by atoms with Crippen LogP contribution in [0.2, 0.25) is 0 Å². The van der Waals surface area contributed by atoms with Crippen LogP contribution in [0.25, 0.3) is 17.7 Å². The molecule has 0 unspecified atom stereocenters. The van der Waals surface area contributed by atoms with Gasteiger partial charge in [0.25, 0.3) is 0 Å². The van der Waals surface area contributed by atoms with Crippen LogP contribution in [0.5, 0.6) is 0 Å². The van der Waals surface area contributed by atoms with Crippen molar-refractivity contribution >= 4 is 23.6 Å². The number of ether oxygens (including phenoxy) is 1. The molecule has 0 aromatic carbocycles. The zero-order valence-corrected chi connectivity index (χ0v) is 18.0. The molecule has 1 fully saturated rings. The Labute approximate surface area is 178 Å². The summed E-state index contributed by atoms with van der Waals surface area (Å²) in [6, 6.07) is 4.04. The van der Waals surface area contributed by atoms with Crippen molar-refractivity contribution < 1.29 is 9.53 Å². The summed E-state index contributed by atoms with van der Waals surface area (Å²) in [6.07, 6.45) is 15.3. The van der Waals surface area contributed by atoms with E-state index in [-0.39, 0.29) is 5.91 Å². The molecular formula is C25H29N3O2. The Morgan fingerprint density at radius 2 is 2.10 bits per heavy atom. The summed E-state index contributed by atoms with van der Waals surface area (Å²) >= 11 is 0. The van der Waals surface area contributed by atoms with Crippen LogP contribution in [0.3, 0.4) is 0 Å². The van der Waals surface area contributed by atoms with Crippen LogP contribution in [0.1, 0.15) is 47.8 Å². The van der Waals surface area contributed by atoms with Gasteiger partial charge in [0, 0.05) is 54.4 Å². The molecule has 0 N–H and O–H groups in total. The minimum Gasteiger partial charge on any atom is -0.497 e. The normalized spacial score (nSPS) is 16.3. The van der Waals surface area contributed by atoms with Crippen molar-refractivity contribution in [2.24, 2.45) is 0 Å². The summed E-state index contributed by atoms with van der Waals surface area (Å²) in [5.41, 5.74) is 6.65. The second-order valence-corrected chi connectivity index (χ2v) is 7.98. The van der Waals surface area contributed by atoms with Crippen LogP contribution in [-0.4, -0.2) is 40.6 Å². The molecule has 0 saturated carbocycles. The van der Waals surface area contributed by atoms with Crippen molar-refractivity contribution in [1.29, 1.82) is 0 Å². The molecule has 0 radical (unpaired) electrons. The second-order valence-electron chi connectivity index (χ2n) is 7.98. The Morgan fingerprint density at radius 1 is 1.30 bits per heavy atom. The van der Waals surface area contributed by atoms with Gasteiger partial charge in [0.05, 0.1) is 7.11 Å². The summed E-state index contributed by atoms with van der Waals surface area (Å²) < 4.78 is 7.66. The first-order valence-corrected chi connectivity index (χ1v) is 10.6. The Morgan fingerprint density at radius 3 is 2.83 bits per heavy atom. The van der Waals surface area contributed by atoms with E-state index in [4.69, 9.17) is 4.74 Å². The highest BCUT2D eigenvalue weighted by Crippen LogP contribution is 2.31. The number of hydrogen-bond donors (Lipinski definition) is 0. The molecule has 1 saturated heterocycles. The molecule has 1 amide bonds. The van der Waals surface area contributed by atoms with Crippen molar-refractivity contribution in [3.8, 4) is 0 Å². The maximum atomic E-state index is 12.8. The molecule has 0 spiro atoms. The summed E-state index contributed by atoms with van der Waals surface area (Å²) in [4.78, 5) is 19.2. The minimum absolute atomic E-state index is 0.200. The second kappa shape index (κ2) is 8.74. The van der Waals surface area contributed by atoms with Gasteiger partial charge in [-0.25, -0.2) is 0 Å². The number of amides is 1. The highest BCUT2D eigenvalue weighted by molar-refractivity contribution is 5.86. The highest BCUT2D eigenvalue weighted by atomic mass is 16.5. The largest absolute Gasteiger partial charge is 0.497 e. The van der Waals surface area contributed by atoms with Gasteiger partial charge in [-0.15, -0.1) is 0 Å². The first-order chi connectivity index (χ1) is 14.6. The Bertz CT molecular complexity index is 1040. The molecular weight excluding hydrogens is 374 g/mol. The molecule has 2 aromatic heterocycles. The number of allylic oxidation sites excluding steroid dienone is 3. The molecule has 156 valence electrons. The Balaban J connectivity index is 1.75. The number of methoxy groups -OCH3 is 1. The smallest absolute Gasteiger partial charge is 0.242 e. The molecule has 0 atom stereocenters. The average molecular weight is 404 g/mol. The van der Waals surface area contributed by atoms with Crippen LogP contribution in [0, 0.1) is 6.92 Å². The standard InChI is InChI=1S/C25H29N3O2/c1-18(14-20-8-7-11-26-19(20)2)23-16-28(17-25(29)27-12-4-5-13-27)24-10-6-9-21(30-3)15-22(23)24/h6-9,11,14-16H,4-5,10,12-13,17H2,1-3H3/b18-14+. The fourth-order valence-electron chi connectivity index (χ4n) is 4.23. The lowest BCUT2D eigenvalue weighted by atomic mass is 10.0. The fourth-order valence-corrected chi connectivity index (χ4v) is 4.23. The molecule has 4 rings (SSSR count). The first kappa shape index (κ1) is 20.2. The predicted molar refractivity (Wildman–Crippen MR) is 121 cm³/mol. The van der Waals surface area contributed by atoms with Gasteiger partial charge in [0.2, 0.25) is 5.91 Å². The van der Waals surface area contributed by atoms with Gasteiger partial charge >= 0.3 is 0 Å². The number of likely N-dealkylation sites (tertiary alicyclic amines) is 1. The van der Waals surface area contributed by atoms with Gasteiger partial charge in [-0.05, 0) is 62.1 Å². The van der Waals surface area contributed by atoms with E-state index in [1.165, 1.54) is 0 Å². The van der Waals surface area contributed by atoms with E-state index in [9.17, 15) is 4.79 Å². The minimum atomic E-state index is 0.200. The predicted octanol–water partition coefficient (Wildman–Crippen LogP) is 4.47. The fraction of sp³-hybridized carbons (Fsp3) is 0.360. The van der Waals surface area contributed by atoms with Gasteiger partial charge in [0.15, 0.2) is 0 Å². The number of aryl methyl sites for hydroxylation is 1. The third-order valence-electron chi connectivity index (χ3n) is 5.96. The molecule has 5 heteroatoms. The van der Waals surface area contributed by atoms with E-state index in [0.29, 0.717) is 6.54 Å².